The lowest BCUT2D eigenvalue weighted by molar-refractivity contribution is -0.141. The summed E-state index contributed by atoms with van der Waals surface area (Å²) in [6.45, 7) is 1.77. The maximum absolute atomic E-state index is 13.5. The molecule has 0 saturated carbocycles. The topological polar surface area (TPSA) is 55.4 Å². The van der Waals surface area contributed by atoms with Crippen molar-refractivity contribution < 1.29 is 14.1 Å². The van der Waals surface area contributed by atoms with Crippen LogP contribution in [0, 0.1) is 0 Å². The van der Waals surface area contributed by atoms with E-state index in [1.54, 1.807) is 0 Å². The molecule has 1 unspecified atom stereocenters. The van der Waals surface area contributed by atoms with Crippen LogP contribution in [-0.2, 0) is 14.1 Å². The van der Waals surface area contributed by atoms with Gasteiger partial charge >= 0.3 is 5.97 Å². The standard InChI is InChI=1S/C18H22NO3P/c1-16(20)22-14-8-9-15-23(21,18-12-6-3-7-13-18)19-17-10-4-2-5-11-17/h2-7,10-13H,8-9,14-15H2,1H3,(H,19,21). The highest BCUT2D eigenvalue weighted by Gasteiger charge is 2.24. The number of rotatable bonds is 8. The Balaban J connectivity index is 2.06. The van der Waals surface area contributed by atoms with Gasteiger partial charge in [0.1, 0.15) is 0 Å². The summed E-state index contributed by atoms with van der Waals surface area (Å²) in [6.07, 6.45) is 1.94. The van der Waals surface area contributed by atoms with E-state index in [2.05, 4.69) is 5.09 Å². The highest BCUT2D eigenvalue weighted by molar-refractivity contribution is 7.73. The molecule has 0 spiro atoms. The molecule has 23 heavy (non-hydrogen) atoms. The van der Waals surface area contributed by atoms with Crippen molar-refractivity contribution in [3.63, 3.8) is 0 Å². The van der Waals surface area contributed by atoms with Gasteiger partial charge in [0.15, 0.2) is 7.29 Å². The third-order valence-electron chi connectivity index (χ3n) is 3.43. The summed E-state index contributed by atoms with van der Waals surface area (Å²) >= 11 is 0. The summed E-state index contributed by atoms with van der Waals surface area (Å²) in [6, 6.07) is 19.1. The van der Waals surface area contributed by atoms with Crippen LogP contribution in [0.2, 0.25) is 0 Å². The number of carbonyl (C=O) groups excluding carboxylic acids is 1. The summed E-state index contributed by atoms with van der Waals surface area (Å²) in [5, 5.41) is 4.04. The lowest BCUT2D eigenvalue weighted by Gasteiger charge is -2.21. The van der Waals surface area contributed by atoms with Gasteiger partial charge in [-0.1, -0.05) is 36.4 Å². The van der Waals surface area contributed by atoms with Gasteiger partial charge in [-0.05, 0) is 37.1 Å². The molecule has 0 saturated heterocycles. The van der Waals surface area contributed by atoms with Crippen LogP contribution in [0.25, 0.3) is 0 Å². The van der Waals surface area contributed by atoms with Gasteiger partial charge < -0.3 is 9.82 Å². The average Bonchev–Trinajstić information content (AvgIpc) is 2.56. The van der Waals surface area contributed by atoms with Gasteiger partial charge in [-0.15, -0.1) is 0 Å². The Hall–Kier alpha value is -2.06. The van der Waals surface area contributed by atoms with Crippen LogP contribution in [0.3, 0.4) is 0 Å². The molecule has 2 rings (SSSR count). The van der Waals surface area contributed by atoms with Crippen LogP contribution in [-0.4, -0.2) is 18.7 Å². The van der Waals surface area contributed by atoms with E-state index in [1.807, 2.05) is 60.7 Å². The zero-order valence-corrected chi connectivity index (χ0v) is 14.2. The van der Waals surface area contributed by atoms with E-state index >= 15 is 0 Å². The zero-order valence-electron chi connectivity index (χ0n) is 13.3. The number of ether oxygens (including phenoxy) is 1. The number of unbranched alkanes of at least 4 members (excludes halogenated alkanes) is 1. The van der Waals surface area contributed by atoms with E-state index < -0.39 is 7.29 Å². The Morgan fingerprint density at radius 1 is 1.00 bits per heavy atom. The summed E-state index contributed by atoms with van der Waals surface area (Å²) in [7, 11) is -2.75. The Morgan fingerprint density at radius 3 is 2.22 bits per heavy atom. The second-order valence-corrected chi connectivity index (χ2v) is 7.99. The number of hydrogen-bond acceptors (Lipinski definition) is 3. The molecule has 2 aromatic rings. The van der Waals surface area contributed by atoms with Crippen molar-refractivity contribution in [1.29, 1.82) is 0 Å². The van der Waals surface area contributed by atoms with Gasteiger partial charge in [0.05, 0.1) is 6.61 Å². The van der Waals surface area contributed by atoms with E-state index in [9.17, 15) is 9.36 Å². The number of para-hydroxylation sites is 1. The van der Waals surface area contributed by atoms with Crippen molar-refractivity contribution in [1.82, 2.24) is 0 Å². The zero-order chi connectivity index (χ0) is 16.5. The number of hydrogen-bond donors (Lipinski definition) is 1. The molecule has 0 aliphatic rings. The fraction of sp³-hybridized carbons (Fsp3) is 0.278. The molecule has 0 amide bonds. The van der Waals surface area contributed by atoms with Gasteiger partial charge in [-0.2, -0.15) is 0 Å². The first kappa shape index (κ1) is 17.3. The summed E-state index contributed by atoms with van der Waals surface area (Å²) in [5.74, 6) is -0.279. The smallest absolute Gasteiger partial charge is 0.302 e. The third kappa shape index (κ3) is 5.57. The largest absolute Gasteiger partial charge is 0.466 e. The van der Waals surface area contributed by atoms with Gasteiger partial charge in [0.2, 0.25) is 0 Å². The highest BCUT2D eigenvalue weighted by atomic mass is 31.2. The molecule has 0 radical (unpaired) electrons. The number of anilines is 1. The molecule has 4 nitrogen and oxygen atoms in total. The molecule has 0 aliphatic heterocycles. The van der Waals surface area contributed by atoms with E-state index in [-0.39, 0.29) is 5.97 Å². The quantitative estimate of drug-likeness (QED) is 0.450. The predicted octanol–water partition coefficient (Wildman–Crippen LogP) is 4.05. The Morgan fingerprint density at radius 2 is 1.61 bits per heavy atom. The summed E-state index contributed by atoms with van der Waals surface area (Å²) < 4.78 is 18.4. The fourth-order valence-electron chi connectivity index (χ4n) is 2.29. The Kier molecular flexibility index (Phi) is 6.42. The van der Waals surface area contributed by atoms with Crippen molar-refractivity contribution in [3.05, 3.63) is 60.7 Å². The van der Waals surface area contributed by atoms with Crippen LogP contribution < -0.4 is 10.4 Å². The average molecular weight is 331 g/mol. The molecule has 2 aromatic carbocycles. The van der Waals surface area contributed by atoms with Gasteiger partial charge in [-0.25, -0.2) is 0 Å². The summed E-state index contributed by atoms with van der Waals surface area (Å²) in [5.41, 5.74) is 0.847. The van der Waals surface area contributed by atoms with Crippen molar-refractivity contribution in [2.45, 2.75) is 19.8 Å². The second kappa shape index (κ2) is 8.54. The van der Waals surface area contributed by atoms with E-state index in [0.717, 1.165) is 17.4 Å². The van der Waals surface area contributed by atoms with Gasteiger partial charge in [0, 0.05) is 24.1 Å². The van der Waals surface area contributed by atoms with E-state index in [0.29, 0.717) is 19.2 Å². The first-order valence-electron chi connectivity index (χ1n) is 7.71. The third-order valence-corrected chi connectivity index (χ3v) is 6.13. The minimum atomic E-state index is -2.75. The molecular formula is C18H22NO3P. The minimum Gasteiger partial charge on any atom is -0.466 e. The van der Waals surface area contributed by atoms with Crippen LogP contribution in [0.15, 0.2) is 60.7 Å². The molecule has 5 heteroatoms. The molecule has 0 heterocycles. The molecule has 0 fully saturated rings. The Bertz CT molecular complexity index is 658. The molecule has 1 N–H and O–H groups in total. The highest BCUT2D eigenvalue weighted by Crippen LogP contribution is 2.45. The van der Waals surface area contributed by atoms with Crippen molar-refractivity contribution in [2.75, 3.05) is 17.9 Å². The van der Waals surface area contributed by atoms with Crippen LogP contribution >= 0.6 is 7.29 Å². The molecule has 122 valence electrons. The first-order chi connectivity index (χ1) is 11.1. The predicted molar refractivity (Wildman–Crippen MR) is 94.5 cm³/mol. The maximum atomic E-state index is 13.5. The SMILES string of the molecule is CC(=O)OCCCCP(=O)(Nc1ccccc1)c1ccccc1. The molecule has 0 bridgehead atoms. The molecule has 0 aromatic heterocycles. The molecular weight excluding hydrogens is 309 g/mol. The summed E-state index contributed by atoms with van der Waals surface area (Å²) in [4.78, 5) is 10.8. The van der Waals surface area contributed by atoms with Crippen molar-refractivity contribution in [2.24, 2.45) is 0 Å². The number of esters is 1. The second-order valence-electron chi connectivity index (χ2n) is 5.32. The van der Waals surface area contributed by atoms with Gasteiger partial charge in [-0.3, -0.25) is 9.36 Å². The maximum Gasteiger partial charge on any atom is 0.302 e. The number of carbonyl (C=O) groups is 1. The normalized spacial score (nSPS) is 13.1. The fourth-order valence-corrected chi connectivity index (χ4v) is 4.68. The van der Waals surface area contributed by atoms with Crippen molar-refractivity contribution in [3.8, 4) is 0 Å². The van der Waals surface area contributed by atoms with Crippen LogP contribution in [0.5, 0.6) is 0 Å². The molecule has 0 aliphatic carbocycles. The van der Waals surface area contributed by atoms with E-state index in [4.69, 9.17) is 4.74 Å². The van der Waals surface area contributed by atoms with Crippen molar-refractivity contribution >= 4 is 24.3 Å². The first-order valence-corrected chi connectivity index (χ1v) is 9.61. The Labute approximate surface area is 137 Å². The number of benzene rings is 2. The molecule has 1 atom stereocenters. The lowest BCUT2D eigenvalue weighted by Crippen LogP contribution is -2.15. The minimum absolute atomic E-state index is 0.279. The van der Waals surface area contributed by atoms with Crippen LogP contribution in [0.1, 0.15) is 19.8 Å². The number of nitrogens with one attached hydrogen (secondary N) is 1. The van der Waals surface area contributed by atoms with E-state index in [1.165, 1.54) is 6.92 Å². The van der Waals surface area contributed by atoms with Crippen LogP contribution in [0.4, 0.5) is 5.69 Å². The van der Waals surface area contributed by atoms with Gasteiger partial charge in [0.25, 0.3) is 0 Å². The monoisotopic (exact) mass is 331 g/mol. The lowest BCUT2D eigenvalue weighted by atomic mass is 10.3.